The largest absolute Gasteiger partial charge is 0.361 e. The van der Waals surface area contributed by atoms with Crippen LogP contribution >= 0.6 is 24.0 Å². The lowest BCUT2D eigenvalue weighted by molar-refractivity contribution is 0.250. The highest BCUT2D eigenvalue weighted by molar-refractivity contribution is 14.0. The zero-order chi connectivity index (χ0) is 22.2. The average Bonchev–Trinajstić information content (AvgIpc) is 3.13. The second-order valence-corrected chi connectivity index (χ2v) is 7.56. The molecule has 0 aliphatic heterocycles. The van der Waals surface area contributed by atoms with Gasteiger partial charge in [0.1, 0.15) is 5.82 Å². The number of anilines is 1. The van der Waals surface area contributed by atoms with Crippen molar-refractivity contribution < 1.29 is 9.18 Å². The number of amides is 2. The number of aromatic nitrogens is 1. The van der Waals surface area contributed by atoms with Gasteiger partial charge in [0.05, 0.1) is 0 Å². The van der Waals surface area contributed by atoms with Crippen molar-refractivity contribution in [2.75, 3.05) is 18.9 Å². The van der Waals surface area contributed by atoms with Crippen LogP contribution in [0.25, 0.3) is 10.9 Å². The van der Waals surface area contributed by atoms with Crippen LogP contribution in [-0.2, 0) is 13.0 Å². The molecule has 1 aromatic heterocycles. The van der Waals surface area contributed by atoms with Gasteiger partial charge in [-0.1, -0.05) is 12.1 Å². The minimum Gasteiger partial charge on any atom is -0.361 e. The van der Waals surface area contributed by atoms with Crippen molar-refractivity contribution in [1.82, 2.24) is 20.9 Å². The first-order valence-electron chi connectivity index (χ1n) is 10.3. The molecular weight excluding hydrogens is 522 g/mol. The molecule has 9 heteroatoms. The van der Waals surface area contributed by atoms with E-state index in [4.69, 9.17) is 0 Å². The zero-order valence-electron chi connectivity index (χ0n) is 18.5. The smallest absolute Gasteiger partial charge is 0.319 e. The maximum Gasteiger partial charge on any atom is 0.319 e. The summed E-state index contributed by atoms with van der Waals surface area (Å²) in [5, 5.41) is 13.0. The number of aromatic amines is 1. The molecule has 3 rings (SSSR count). The van der Waals surface area contributed by atoms with E-state index in [2.05, 4.69) is 31.2 Å². The molecule has 0 atom stereocenters. The van der Waals surface area contributed by atoms with Crippen LogP contribution in [0.3, 0.4) is 0 Å². The number of hydrogen-bond donors (Lipinski definition) is 5. The van der Waals surface area contributed by atoms with Gasteiger partial charge in [0, 0.05) is 49.0 Å². The van der Waals surface area contributed by atoms with Crippen LogP contribution in [0.1, 0.15) is 25.0 Å². The summed E-state index contributed by atoms with van der Waals surface area (Å²) in [4.78, 5) is 19.2. The number of halogens is 2. The number of fused-ring (bicyclic) bond motifs is 1. The number of H-pyrrole nitrogens is 1. The van der Waals surface area contributed by atoms with Crippen molar-refractivity contribution in [3.05, 3.63) is 65.6 Å². The molecule has 1 heterocycles. The van der Waals surface area contributed by atoms with Gasteiger partial charge in [-0.05, 0) is 61.7 Å². The summed E-state index contributed by atoms with van der Waals surface area (Å²) in [5.74, 6) is 0.449. The predicted molar refractivity (Wildman–Crippen MR) is 139 cm³/mol. The molecule has 0 radical (unpaired) electrons. The molecule has 0 saturated heterocycles. The van der Waals surface area contributed by atoms with Gasteiger partial charge in [-0.3, -0.25) is 4.99 Å². The number of nitrogens with zero attached hydrogens (tertiary/aromatic N) is 1. The quantitative estimate of drug-likeness (QED) is 0.171. The zero-order valence-corrected chi connectivity index (χ0v) is 20.8. The lowest BCUT2D eigenvalue weighted by Crippen LogP contribution is -2.37. The van der Waals surface area contributed by atoms with E-state index in [1.807, 2.05) is 44.3 Å². The Hall–Kier alpha value is -2.82. The highest BCUT2D eigenvalue weighted by Crippen LogP contribution is 2.19. The van der Waals surface area contributed by atoms with Crippen LogP contribution in [-0.4, -0.2) is 36.6 Å². The Kier molecular flexibility index (Phi) is 9.76. The number of aliphatic imine (C=N–C) groups is 1. The number of urea groups is 1. The summed E-state index contributed by atoms with van der Waals surface area (Å²) in [6, 6.07) is 12.3. The fraction of sp³-hybridized carbons (Fsp3) is 0.304. The molecule has 0 saturated carbocycles. The number of rotatable bonds is 7. The van der Waals surface area contributed by atoms with Crippen LogP contribution in [0.5, 0.6) is 0 Å². The van der Waals surface area contributed by atoms with Crippen molar-refractivity contribution >= 4 is 52.6 Å². The molecule has 0 spiro atoms. The van der Waals surface area contributed by atoms with Crippen molar-refractivity contribution in [2.24, 2.45) is 4.99 Å². The topological polar surface area (TPSA) is 93.3 Å². The van der Waals surface area contributed by atoms with Crippen LogP contribution in [0.4, 0.5) is 14.9 Å². The Labute approximate surface area is 204 Å². The van der Waals surface area contributed by atoms with E-state index < -0.39 is 0 Å². The minimum atomic E-state index is -0.236. The lowest BCUT2D eigenvalue weighted by atomic mass is 10.1. The van der Waals surface area contributed by atoms with Gasteiger partial charge in [0.25, 0.3) is 0 Å². The van der Waals surface area contributed by atoms with Crippen molar-refractivity contribution in [2.45, 2.75) is 32.9 Å². The number of carbonyl (C=O) groups is 1. The number of guanidine groups is 1. The van der Waals surface area contributed by atoms with Gasteiger partial charge in [0.2, 0.25) is 0 Å². The lowest BCUT2D eigenvalue weighted by Gasteiger charge is -2.13. The standard InChI is InChI=1S/C23H29FN6O.HI/c1-15(2)29-23(31)30-19-7-4-16(5-8-19)13-28-22(25-3)26-11-10-17-14-27-21-9-6-18(24)12-20(17)21;/h4-9,12,14-15,27H,10-11,13H2,1-3H3,(H2,25,26,28)(H2,29,30,31);1H. The first-order chi connectivity index (χ1) is 14.9. The normalized spacial score (nSPS) is 11.2. The van der Waals surface area contributed by atoms with E-state index in [0.717, 1.165) is 34.1 Å². The molecule has 5 N–H and O–H groups in total. The highest BCUT2D eigenvalue weighted by atomic mass is 127. The molecule has 0 bridgehead atoms. The fourth-order valence-electron chi connectivity index (χ4n) is 3.21. The van der Waals surface area contributed by atoms with E-state index in [-0.39, 0.29) is 41.9 Å². The Bertz CT molecular complexity index is 1050. The van der Waals surface area contributed by atoms with Crippen LogP contribution in [0, 0.1) is 5.82 Å². The molecule has 7 nitrogen and oxygen atoms in total. The number of hydrogen-bond acceptors (Lipinski definition) is 2. The number of carbonyl (C=O) groups excluding carboxylic acids is 1. The van der Waals surface area contributed by atoms with E-state index in [1.54, 1.807) is 19.2 Å². The summed E-state index contributed by atoms with van der Waals surface area (Å²) < 4.78 is 13.5. The van der Waals surface area contributed by atoms with Gasteiger partial charge in [0.15, 0.2) is 5.96 Å². The van der Waals surface area contributed by atoms with Gasteiger partial charge in [-0.2, -0.15) is 0 Å². The Morgan fingerprint density at radius 1 is 1.12 bits per heavy atom. The van der Waals surface area contributed by atoms with Gasteiger partial charge in [-0.25, -0.2) is 9.18 Å². The average molecular weight is 552 g/mol. The summed E-state index contributed by atoms with van der Waals surface area (Å²) in [6.45, 7) is 5.08. The number of nitrogens with one attached hydrogen (secondary N) is 5. The second kappa shape index (κ2) is 12.3. The maximum absolute atomic E-state index is 13.5. The van der Waals surface area contributed by atoms with Crippen LogP contribution in [0.15, 0.2) is 53.7 Å². The molecule has 0 unspecified atom stereocenters. The highest BCUT2D eigenvalue weighted by Gasteiger charge is 2.06. The van der Waals surface area contributed by atoms with Crippen molar-refractivity contribution in [3.63, 3.8) is 0 Å². The molecule has 172 valence electrons. The third-order valence-corrected chi connectivity index (χ3v) is 4.73. The van der Waals surface area contributed by atoms with Crippen LogP contribution in [0.2, 0.25) is 0 Å². The second-order valence-electron chi connectivity index (χ2n) is 7.56. The Morgan fingerprint density at radius 2 is 1.88 bits per heavy atom. The van der Waals surface area contributed by atoms with E-state index >= 15 is 0 Å². The van der Waals surface area contributed by atoms with E-state index in [1.165, 1.54) is 6.07 Å². The maximum atomic E-state index is 13.5. The molecule has 0 aliphatic rings. The minimum absolute atomic E-state index is 0. The third-order valence-electron chi connectivity index (χ3n) is 4.73. The summed E-state index contributed by atoms with van der Waals surface area (Å²) in [7, 11) is 1.72. The first kappa shape index (κ1) is 25.4. The molecule has 2 aromatic carbocycles. The molecule has 0 fully saturated rings. The molecule has 2 amide bonds. The Balaban J connectivity index is 0.00000363. The van der Waals surface area contributed by atoms with Crippen molar-refractivity contribution in [3.8, 4) is 0 Å². The van der Waals surface area contributed by atoms with Gasteiger partial charge in [-0.15, -0.1) is 24.0 Å². The Morgan fingerprint density at radius 3 is 2.56 bits per heavy atom. The monoisotopic (exact) mass is 552 g/mol. The predicted octanol–water partition coefficient (Wildman–Crippen LogP) is 4.36. The first-order valence-corrected chi connectivity index (χ1v) is 10.3. The summed E-state index contributed by atoms with van der Waals surface area (Å²) in [6.07, 6.45) is 2.65. The fourth-order valence-corrected chi connectivity index (χ4v) is 3.21. The molecule has 0 aliphatic carbocycles. The van der Waals surface area contributed by atoms with Crippen molar-refractivity contribution in [1.29, 1.82) is 0 Å². The van der Waals surface area contributed by atoms with Crippen LogP contribution < -0.4 is 21.3 Å². The third kappa shape index (κ3) is 7.40. The van der Waals surface area contributed by atoms with E-state index in [0.29, 0.717) is 19.0 Å². The summed E-state index contributed by atoms with van der Waals surface area (Å²) in [5.41, 5.74) is 3.78. The molecular formula is C23H30FIN6O. The summed E-state index contributed by atoms with van der Waals surface area (Å²) >= 11 is 0. The van der Waals surface area contributed by atoms with Gasteiger partial charge < -0.3 is 26.3 Å². The van der Waals surface area contributed by atoms with Gasteiger partial charge >= 0.3 is 6.03 Å². The molecule has 32 heavy (non-hydrogen) atoms. The molecule has 3 aromatic rings. The number of benzene rings is 2. The van der Waals surface area contributed by atoms with E-state index in [9.17, 15) is 9.18 Å². The SMILES string of the molecule is CN=C(NCCc1c[nH]c2ccc(F)cc12)NCc1ccc(NC(=O)NC(C)C)cc1.I.